The molecule has 0 atom stereocenters. The second-order valence-corrected chi connectivity index (χ2v) is 7.88. The summed E-state index contributed by atoms with van der Waals surface area (Å²) in [5, 5.41) is 1.26. The van der Waals surface area contributed by atoms with E-state index in [1.54, 1.807) is 0 Å². The van der Waals surface area contributed by atoms with Crippen LogP contribution in [-0.2, 0) is 0 Å². The van der Waals surface area contributed by atoms with Gasteiger partial charge in [0.1, 0.15) is 11.5 Å². The second kappa shape index (κ2) is 9.76. The van der Waals surface area contributed by atoms with E-state index in [9.17, 15) is 4.79 Å². The molecule has 0 unspecified atom stereocenters. The Morgan fingerprint density at radius 1 is 0.759 bits per heavy atom. The standard InChI is InChI=1S/C23H31N3O3/c1-25(2)11-5-13-28-17-7-9-21-19(15-17)23(27)20-16-18(8-10-22(20)24-21)29-14-6-12-26(3)4/h7-10,15-16H,5-6,11-14H2,1-4H3,(H,24,27). The number of ether oxygens (including phenoxy) is 2. The van der Waals surface area contributed by atoms with Gasteiger partial charge in [-0.25, -0.2) is 0 Å². The summed E-state index contributed by atoms with van der Waals surface area (Å²) in [6.07, 6.45) is 1.88. The highest BCUT2D eigenvalue weighted by Gasteiger charge is 2.08. The summed E-state index contributed by atoms with van der Waals surface area (Å²) in [4.78, 5) is 20.7. The van der Waals surface area contributed by atoms with E-state index < -0.39 is 0 Å². The topological polar surface area (TPSA) is 57.8 Å². The van der Waals surface area contributed by atoms with Gasteiger partial charge in [0.2, 0.25) is 0 Å². The van der Waals surface area contributed by atoms with Crippen molar-refractivity contribution in [2.45, 2.75) is 12.8 Å². The van der Waals surface area contributed by atoms with Gasteiger partial charge < -0.3 is 24.3 Å². The first-order valence-corrected chi connectivity index (χ1v) is 10.1. The molecular formula is C23H31N3O3. The van der Waals surface area contributed by atoms with Crippen molar-refractivity contribution in [2.24, 2.45) is 0 Å². The Balaban J connectivity index is 1.79. The lowest BCUT2D eigenvalue weighted by Gasteiger charge is -2.12. The van der Waals surface area contributed by atoms with Crippen LogP contribution in [0.15, 0.2) is 41.2 Å². The molecule has 6 heteroatoms. The van der Waals surface area contributed by atoms with Crippen LogP contribution < -0.4 is 14.9 Å². The van der Waals surface area contributed by atoms with Gasteiger partial charge in [0.15, 0.2) is 5.43 Å². The lowest BCUT2D eigenvalue weighted by Crippen LogP contribution is -2.15. The van der Waals surface area contributed by atoms with Gasteiger partial charge in [0, 0.05) is 23.9 Å². The molecule has 29 heavy (non-hydrogen) atoms. The highest BCUT2D eigenvalue weighted by Crippen LogP contribution is 2.23. The van der Waals surface area contributed by atoms with Crippen LogP contribution in [0, 0.1) is 0 Å². The van der Waals surface area contributed by atoms with E-state index in [-0.39, 0.29) is 5.43 Å². The molecule has 0 aliphatic carbocycles. The maximum atomic E-state index is 13.1. The predicted octanol–water partition coefficient (Wildman–Crippen LogP) is 3.34. The van der Waals surface area contributed by atoms with Crippen LogP contribution in [0.1, 0.15) is 12.8 Å². The van der Waals surface area contributed by atoms with Gasteiger partial charge in [-0.15, -0.1) is 0 Å². The van der Waals surface area contributed by atoms with Crippen molar-refractivity contribution < 1.29 is 9.47 Å². The Morgan fingerprint density at radius 3 is 1.62 bits per heavy atom. The Kier molecular flexibility index (Phi) is 7.12. The number of hydrogen-bond acceptors (Lipinski definition) is 5. The first-order valence-electron chi connectivity index (χ1n) is 10.1. The lowest BCUT2D eigenvalue weighted by molar-refractivity contribution is 0.282. The van der Waals surface area contributed by atoms with E-state index in [2.05, 4.69) is 14.8 Å². The van der Waals surface area contributed by atoms with Gasteiger partial charge in [0.05, 0.1) is 24.2 Å². The Morgan fingerprint density at radius 2 is 1.21 bits per heavy atom. The van der Waals surface area contributed by atoms with E-state index in [1.807, 2.05) is 64.6 Å². The van der Waals surface area contributed by atoms with Gasteiger partial charge >= 0.3 is 0 Å². The number of H-pyrrole nitrogens is 1. The minimum absolute atomic E-state index is 0.00812. The molecule has 0 spiro atoms. The molecule has 3 rings (SSSR count). The third-order valence-corrected chi connectivity index (χ3v) is 4.78. The highest BCUT2D eigenvalue weighted by atomic mass is 16.5. The molecule has 6 nitrogen and oxygen atoms in total. The SMILES string of the molecule is CN(C)CCCOc1ccc2[nH]c3ccc(OCCCN(C)C)cc3c(=O)c2c1. The predicted molar refractivity (Wildman–Crippen MR) is 119 cm³/mol. The fourth-order valence-corrected chi connectivity index (χ4v) is 3.25. The molecule has 1 N–H and O–H groups in total. The van der Waals surface area contributed by atoms with Crippen LogP contribution in [0.3, 0.4) is 0 Å². The fourth-order valence-electron chi connectivity index (χ4n) is 3.25. The monoisotopic (exact) mass is 397 g/mol. The number of nitrogens with zero attached hydrogens (tertiary/aromatic N) is 2. The molecule has 0 amide bonds. The lowest BCUT2D eigenvalue weighted by atomic mass is 10.1. The van der Waals surface area contributed by atoms with Crippen molar-refractivity contribution >= 4 is 21.8 Å². The van der Waals surface area contributed by atoms with Crippen LogP contribution >= 0.6 is 0 Å². The number of hydrogen-bond donors (Lipinski definition) is 1. The van der Waals surface area contributed by atoms with Crippen molar-refractivity contribution in [1.29, 1.82) is 0 Å². The summed E-state index contributed by atoms with van der Waals surface area (Å²) in [5.74, 6) is 1.44. The average Bonchev–Trinajstić information content (AvgIpc) is 2.69. The van der Waals surface area contributed by atoms with Crippen molar-refractivity contribution in [3.8, 4) is 11.5 Å². The van der Waals surface area contributed by atoms with Gasteiger partial charge in [-0.05, 0) is 77.4 Å². The van der Waals surface area contributed by atoms with E-state index in [4.69, 9.17) is 9.47 Å². The molecule has 0 fully saturated rings. The summed E-state index contributed by atoms with van der Waals surface area (Å²) < 4.78 is 11.7. The minimum atomic E-state index is -0.00812. The molecule has 0 saturated carbocycles. The van der Waals surface area contributed by atoms with Crippen LogP contribution in [0.5, 0.6) is 11.5 Å². The number of rotatable bonds is 10. The molecule has 3 aromatic rings. The number of aromatic amines is 1. The summed E-state index contributed by atoms with van der Waals surface area (Å²) >= 11 is 0. The van der Waals surface area contributed by atoms with Gasteiger partial charge in [0.25, 0.3) is 0 Å². The fraction of sp³-hybridized carbons (Fsp3) is 0.435. The summed E-state index contributed by atoms with van der Waals surface area (Å²) in [5.41, 5.74) is 1.61. The third-order valence-electron chi connectivity index (χ3n) is 4.78. The number of nitrogens with one attached hydrogen (secondary N) is 1. The van der Waals surface area contributed by atoms with E-state index >= 15 is 0 Å². The number of aromatic nitrogens is 1. The summed E-state index contributed by atoms with van der Waals surface area (Å²) in [7, 11) is 8.17. The van der Waals surface area contributed by atoms with Crippen molar-refractivity contribution in [3.05, 3.63) is 46.6 Å². The Labute approximate surface area is 172 Å². The molecule has 0 saturated heterocycles. The zero-order valence-electron chi connectivity index (χ0n) is 17.8. The molecule has 1 heterocycles. The Hall–Kier alpha value is -2.57. The molecule has 0 aliphatic rings. The van der Waals surface area contributed by atoms with Gasteiger partial charge in [-0.2, -0.15) is 0 Å². The summed E-state index contributed by atoms with van der Waals surface area (Å²) in [6, 6.07) is 11.3. The first kappa shape index (κ1) is 21.1. The highest BCUT2D eigenvalue weighted by molar-refractivity contribution is 5.93. The first-order chi connectivity index (χ1) is 13.9. The molecule has 0 bridgehead atoms. The van der Waals surface area contributed by atoms with E-state index in [0.29, 0.717) is 24.0 Å². The van der Waals surface area contributed by atoms with Gasteiger partial charge in [-0.1, -0.05) is 0 Å². The van der Waals surface area contributed by atoms with Crippen LogP contribution in [-0.4, -0.2) is 69.3 Å². The van der Waals surface area contributed by atoms with E-state index in [1.165, 1.54) is 0 Å². The zero-order valence-corrected chi connectivity index (χ0v) is 17.8. The smallest absolute Gasteiger partial charge is 0.197 e. The second-order valence-electron chi connectivity index (χ2n) is 7.88. The minimum Gasteiger partial charge on any atom is -0.494 e. The molecule has 1 aromatic heterocycles. The zero-order chi connectivity index (χ0) is 20.8. The third kappa shape index (κ3) is 5.71. The van der Waals surface area contributed by atoms with Crippen molar-refractivity contribution in [2.75, 3.05) is 54.5 Å². The quantitative estimate of drug-likeness (QED) is 0.420. The van der Waals surface area contributed by atoms with Crippen molar-refractivity contribution in [3.63, 3.8) is 0 Å². The largest absolute Gasteiger partial charge is 0.494 e. The van der Waals surface area contributed by atoms with Crippen LogP contribution in [0.2, 0.25) is 0 Å². The molecule has 156 valence electrons. The normalized spacial score (nSPS) is 11.7. The van der Waals surface area contributed by atoms with E-state index in [0.717, 1.165) is 48.5 Å². The van der Waals surface area contributed by atoms with Gasteiger partial charge in [-0.3, -0.25) is 4.79 Å². The van der Waals surface area contributed by atoms with Crippen molar-refractivity contribution in [1.82, 2.24) is 14.8 Å². The molecule has 0 aliphatic heterocycles. The number of benzene rings is 2. The molecular weight excluding hydrogens is 366 g/mol. The number of fused-ring (bicyclic) bond motifs is 2. The average molecular weight is 398 g/mol. The van der Waals surface area contributed by atoms with Crippen LogP contribution in [0.25, 0.3) is 21.8 Å². The van der Waals surface area contributed by atoms with Crippen LogP contribution in [0.4, 0.5) is 0 Å². The molecule has 0 radical (unpaired) electrons. The molecule has 2 aromatic carbocycles. The Bertz CT molecular complexity index is 934. The number of pyridine rings is 1. The maximum Gasteiger partial charge on any atom is 0.197 e. The summed E-state index contributed by atoms with van der Waals surface area (Å²) in [6.45, 7) is 3.19. The maximum absolute atomic E-state index is 13.1.